The lowest BCUT2D eigenvalue weighted by Crippen LogP contribution is -2.58. The second kappa shape index (κ2) is 3.33. The van der Waals surface area contributed by atoms with E-state index in [0.29, 0.717) is 23.7 Å². The van der Waals surface area contributed by atoms with Crippen LogP contribution < -0.4 is 0 Å². The molecule has 0 aromatic rings. The highest BCUT2D eigenvalue weighted by Crippen LogP contribution is 2.52. The zero-order chi connectivity index (χ0) is 10.5. The lowest BCUT2D eigenvalue weighted by molar-refractivity contribution is -0.316. The van der Waals surface area contributed by atoms with Crippen molar-refractivity contribution in [1.29, 1.82) is 0 Å². The summed E-state index contributed by atoms with van der Waals surface area (Å²) in [6.07, 6.45) is 9.23. The van der Waals surface area contributed by atoms with Crippen LogP contribution in [0.25, 0.3) is 0 Å². The van der Waals surface area contributed by atoms with Gasteiger partial charge in [0.05, 0.1) is 6.61 Å². The van der Waals surface area contributed by atoms with Crippen LogP contribution in [0.4, 0.5) is 0 Å². The van der Waals surface area contributed by atoms with E-state index in [2.05, 4.69) is 19.1 Å². The van der Waals surface area contributed by atoms with Gasteiger partial charge in [0.1, 0.15) is 0 Å². The van der Waals surface area contributed by atoms with Gasteiger partial charge < -0.3 is 9.84 Å². The lowest BCUT2D eigenvalue weighted by atomic mass is 9.60. The first-order chi connectivity index (χ1) is 7.22. The van der Waals surface area contributed by atoms with E-state index in [0.717, 1.165) is 25.9 Å². The predicted octanol–water partition coefficient (Wildman–Crippen LogP) is 2.33. The van der Waals surface area contributed by atoms with Crippen LogP contribution in [0.1, 0.15) is 32.6 Å². The van der Waals surface area contributed by atoms with Crippen LogP contribution in [-0.4, -0.2) is 17.5 Å². The Kier molecular flexibility index (Phi) is 2.18. The highest BCUT2D eigenvalue weighted by molar-refractivity contribution is 5.09. The maximum absolute atomic E-state index is 10.7. The second-order valence-corrected chi connectivity index (χ2v) is 5.48. The molecule has 1 N–H and O–H groups in total. The van der Waals surface area contributed by atoms with Gasteiger partial charge >= 0.3 is 0 Å². The fourth-order valence-electron chi connectivity index (χ4n) is 3.86. The Labute approximate surface area is 91.3 Å². The Hall–Kier alpha value is -0.340. The standard InChI is InChI=1S/C13H20O2/c1-9-5-6-10-3-2-4-11-7-8-15-13(9,14)12(10)11/h2,4,9-12,14H,3,5-8H2,1H3/t9-,10-,11+,12-,13?/m1/s1. The average molecular weight is 208 g/mol. The van der Waals surface area contributed by atoms with Gasteiger partial charge in [-0.05, 0) is 37.5 Å². The normalized spacial score (nSPS) is 53.7. The van der Waals surface area contributed by atoms with E-state index in [1.807, 2.05) is 0 Å². The van der Waals surface area contributed by atoms with Gasteiger partial charge in [-0.3, -0.25) is 0 Å². The highest BCUT2D eigenvalue weighted by atomic mass is 16.6. The van der Waals surface area contributed by atoms with E-state index < -0.39 is 5.79 Å². The van der Waals surface area contributed by atoms with Gasteiger partial charge in [0.15, 0.2) is 5.79 Å². The first-order valence-corrected chi connectivity index (χ1v) is 6.25. The molecule has 3 rings (SSSR count). The summed E-state index contributed by atoms with van der Waals surface area (Å²) in [5.41, 5.74) is 0. The Balaban J connectivity index is 1.98. The van der Waals surface area contributed by atoms with E-state index in [1.165, 1.54) is 6.42 Å². The minimum Gasteiger partial charge on any atom is -0.365 e. The maximum atomic E-state index is 10.7. The number of hydrogen-bond acceptors (Lipinski definition) is 2. The summed E-state index contributed by atoms with van der Waals surface area (Å²) in [5.74, 6) is 1.05. The summed E-state index contributed by atoms with van der Waals surface area (Å²) in [6.45, 7) is 2.86. The molecule has 1 aliphatic heterocycles. The second-order valence-electron chi connectivity index (χ2n) is 5.48. The molecule has 0 aromatic carbocycles. The zero-order valence-electron chi connectivity index (χ0n) is 9.36. The number of hydrogen-bond donors (Lipinski definition) is 1. The van der Waals surface area contributed by atoms with Crippen molar-refractivity contribution in [3.63, 3.8) is 0 Å². The number of aliphatic hydroxyl groups is 1. The molecule has 15 heavy (non-hydrogen) atoms. The van der Waals surface area contributed by atoms with Gasteiger partial charge in [0.25, 0.3) is 0 Å². The van der Waals surface area contributed by atoms with Crippen molar-refractivity contribution in [2.45, 2.75) is 38.4 Å². The SMILES string of the molecule is C[C@@H]1CC[C@H]2CC=C[C@H]3CCOC1(O)[C@H]23. The van der Waals surface area contributed by atoms with Gasteiger partial charge in [0, 0.05) is 11.8 Å². The minimum absolute atomic E-state index is 0.299. The van der Waals surface area contributed by atoms with Crippen LogP contribution in [0, 0.1) is 23.7 Å². The average Bonchev–Trinajstić information content (AvgIpc) is 2.24. The molecule has 2 fully saturated rings. The Morgan fingerprint density at radius 1 is 1.33 bits per heavy atom. The molecule has 1 saturated heterocycles. The fourth-order valence-corrected chi connectivity index (χ4v) is 3.86. The number of allylic oxidation sites excluding steroid dienone is 2. The fraction of sp³-hybridized carbons (Fsp3) is 0.846. The summed E-state index contributed by atoms with van der Waals surface area (Å²) >= 11 is 0. The number of rotatable bonds is 0. The maximum Gasteiger partial charge on any atom is 0.171 e. The molecule has 1 saturated carbocycles. The van der Waals surface area contributed by atoms with Crippen LogP contribution in [0.2, 0.25) is 0 Å². The summed E-state index contributed by atoms with van der Waals surface area (Å²) < 4.78 is 5.74. The van der Waals surface area contributed by atoms with Gasteiger partial charge in [0.2, 0.25) is 0 Å². The molecule has 0 radical (unpaired) electrons. The van der Waals surface area contributed by atoms with Crippen molar-refractivity contribution >= 4 is 0 Å². The van der Waals surface area contributed by atoms with Crippen molar-refractivity contribution in [2.24, 2.45) is 23.7 Å². The Bertz CT molecular complexity index is 286. The molecule has 0 bridgehead atoms. The summed E-state index contributed by atoms with van der Waals surface area (Å²) in [4.78, 5) is 0. The van der Waals surface area contributed by atoms with Crippen molar-refractivity contribution < 1.29 is 9.84 Å². The molecule has 84 valence electrons. The third kappa shape index (κ3) is 1.31. The summed E-state index contributed by atoms with van der Waals surface area (Å²) in [7, 11) is 0. The minimum atomic E-state index is -0.823. The predicted molar refractivity (Wildman–Crippen MR) is 58.1 cm³/mol. The molecule has 0 spiro atoms. The third-order valence-corrected chi connectivity index (χ3v) is 4.73. The molecule has 1 unspecified atom stereocenters. The number of ether oxygens (including phenoxy) is 1. The van der Waals surface area contributed by atoms with Crippen molar-refractivity contribution in [3.8, 4) is 0 Å². The third-order valence-electron chi connectivity index (χ3n) is 4.73. The summed E-state index contributed by atoms with van der Waals surface area (Å²) in [5, 5.41) is 10.7. The van der Waals surface area contributed by atoms with Gasteiger partial charge in [-0.25, -0.2) is 0 Å². The van der Waals surface area contributed by atoms with E-state index >= 15 is 0 Å². The van der Waals surface area contributed by atoms with Crippen LogP contribution in [0.3, 0.4) is 0 Å². The van der Waals surface area contributed by atoms with Crippen molar-refractivity contribution in [1.82, 2.24) is 0 Å². The van der Waals surface area contributed by atoms with Gasteiger partial charge in [-0.1, -0.05) is 19.1 Å². The van der Waals surface area contributed by atoms with Crippen molar-refractivity contribution in [2.75, 3.05) is 6.61 Å². The molecule has 3 aliphatic rings. The molecule has 5 atom stereocenters. The molecule has 2 nitrogen and oxygen atoms in total. The quantitative estimate of drug-likeness (QED) is 0.619. The smallest absolute Gasteiger partial charge is 0.171 e. The largest absolute Gasteiger partial charge is 0.365 e. The Morgan fingerprint density at radius 3 is 3.07 bits per heavy atom. The molecule has 0 aromatic heterocycles. The lowest BCUT2D eigenvalue weighted by Gasteiger charge is -2.54. The van der Waals surface area contributed by atoms with Crippen LogP contribution >= 0.6 is 0 Å². The zero-order valence-corrected chi connectivity index (χ0v) is 9.36. The molecule has 2 aliphatic carbocycles. The molecular formula is C13H20O2. The molecule has 0 amide bonds. The molecule has 1 heterocycles. The van der Waals surface area contributed by atoms with Crippen LogP contribution in [-0.2, 0) is 4.74 Å². The first kappa shape index (κ1) is 9.86. The van der Waals surface area contributed by atoms with E-state index in [-0.39, 0.29) is 0 Å². The Morgan fingerprint density at radius 2 is 2.20 bits per heavy atom. The van der Waals surface area contributed by atoms with Crippen LogP contribution in [0.5, 0.6) is 0 Å². The summed E-state index contributed by atoms with van der Waals surface area (Å²) in [6, 6.07) is 0. The van der Waals surface area contributed by atoms with Crippen LogP contribution in [0.15, 0.2) is 12.2 Å². The topological polar surface area (TPSA) is 29.5 Å². The molecule has 2 heteroatoms. The van der Waals surface area contributed by atoms with Crippen molar-refractivity contribution in [3.05, 3.63) is 12.2 Å². The highest BCUT2D eigenvalue weighted by Gasteiger charge is 2.54. The van der Waals surface area contributed by atoms with Gasteiger partial charge in [-0.15, -0.1) is 0 Å². The van der Waals surface area contributed by atoms with E-state index in [9.17, 15) is 5.11 Å². The first-order valence-electron chi connectivity index (χ1n) is 6.25. The van der Waals surface area contributed by atoms with E-state index in [1.54, 1.807) is 0 Å². The molecular weight excluding hydrogens is 188 g/mol. The van der Waals surface area contributed by atoms with Gasteiger partial charge in [-0.2, -0.15) is 0 Å². The van der Waals surface area contributed by atoms with E-state index in [4.69, 9.17) is 4.74 Å². The monoisotopic (exact) mass is 208 g/mol.